The van der Waals surface area contributed by atoms with Crippen LogP contribution in [0.5, 0.6) is 11.5 Å². The van der Waals surface area contributed by atoms with Gasteiger partial charge in [0.25, 0.3) is 0 Å². The molecule has 7 heteroatoms. The normalized spacial score (nSPS) is 19.3. The second-order valence-electron chi connectivity index (χ2n) is 6.95. The predicted octanol–water partition coefficient (Wildman–Crippen LogP) is 2.93. The number of aromatic nitrogens is 2. The average Bonchev–Trinajstić information content (AvgIpc) is 3.07. The lowest BCUT2D eigenvalue weighted by Crippen LogP contribution is -2.46. The van der Waals surface area contributed by atoms with Crippen LogP contribution >= 0.6 is 11.3 Å². The summed E-state index contributed by atoms with van der Waals surface area (Å²) in [6.45, 7) is 5.62. The maximum absolute atomic E-state index is 6.36. The Hall–Kier alpha value is -1.70. The van der Waals surface area contributed by atoms with Crippen molar-refractivity contribution in [3.05, 3.63) is 33.3 Å². The number of hydrogen-bond donors (Lipinski definition) is 0. The third kappa shape index (κ3) is 3.19. The molecule has 26 heavy (non-hydrogen) atoms. The van der Waals surface area contributed by atoms with Crippen LogP contribution in [-0.2, 0) is 23.3 Å². The van der Waals surface area contributed by atoms with E-state index in [0.717, 1.165) is 67.0 Å². The van der Waals surface area contributed by atoms with Crippen molar-refractivity contribution >= 4 is 11.3 Å². The number of ether oxygens (including phenoxy) is 3. The summed E-state index contributed by atoms with van der Waals surface area (Å²) in [6.07, 6.45) is 2.88. The molecular weight excluding hydrogens is 350 g/mol. The van der Waals surface area contributed by atoms with Crippen molar-refractivity contribution in [1.29, 1.82) is 0 Å². The summed E-state index contributed by atoms with van der Waals surface area (Å²) in [7, 11) is 3.38. The van der Waals surface area contributed by atoms with Gasteiger partial charge in [0.15, 0.2) is 11.5 Å². The zero-order valence-corrected chi connectivity index (χ0v) is 16.4. The summed E-state index contributed by atoms with van der Waals surface area (Å²) in [6, 6.07) is 4.24. The number of likely N-dealkylation sites (tertiary alicyclic amines) is 1. The first-order valence-electron chi connectivity index (χ1n) is 9.04. The number of aryl methyl sites for hydroxylation is 1. The number of nitrogens with zero attached hydrogens (tertiary/aromatic N) is 3. The second kappa shape index (κ2) is 7.13. The smallest absolute Gasteiger partial charge is 0.161 e. The molecule has 0 N–H and O–H groups in total. The van der Waals surface area contributed by atoms with E-state index in [1.165, 1.54) is 11.1 Å². The molecule has 0 aliphatic carbocycles. The van der Waals surface area contributed by atoms with Crippen LogP contribution in [0.4, 0.5) is 0 Å². The van der Waals surface area contributed by atoms with E-state index >= 15 is 0 Å². The number of piperidine rings is 1. The summed E-state index contributed by atoms with van der Waals surface area (Å²) >= 11 is 1.68. The molecule has 1 saturated heterocycles. The van der Waals surface area contributed by atoms with E-state index in [0.29, 0.717) is 0 Å². The van der Waals surface area contributed by atoms with Gasteiger partial charge in [-0.2, -0.15) is 0 Å². The fourth-order valence-electron chi connectivity index (χ4n) is 4.06. The monoisotopic (exact) mass is 375 g/mol. The fraction of sp³-hybridized carbons (Fsp3) is 0.579. The van der Waals surface area contributed by atoms with Gasteiger partial charge in [0.05, 0.1) is 33.0 Å². The third-order valence-electron chi connectivity index (χ3n) is 5.44. The Balaban J connectivity index is 1.54. The summed E-state index contributed by atoms with van der Waals surface area (Å²) in [5.41, 5.74) is 2.38. The summed E-state index contributed by atoms with van der Waals surface area (Å²) < 4.78 is 17.4. The molecule has 1 aromatic carbocycles. The van der Waals surface area contributed by atoms with Gasteiger partial charge < -0.3 is 14.2 Å². The molecule has 3 heterocycles. The first-order chi connectivity index (χ1) is 12.6. The van der Waals surface area contributed by atoms with Crippen molar-refractivity contribution in [3.8, 4) is 11.5 Å². The third-order valence-corrected chi connectivity index (χ3v) is 6.26. The Labute approximate surface area is 158 Å². The Morgan fingerprint density at radius 2 is 1.88 bits per heavy atom. The van der Waals surface area contributed by atoms with Crippen LogP contribution in [0.2, 0.25) is 0 Å². The SMILES string of the molecule is COc1cc2c(cc1OC)C1(CCN(Cc3nnc(C)s3)CC1)OCC2. The molecule has 0 radical (unpaired) electrons. The molecule has 0 atom stereocenters. The maximum atomic E-state index is 6.36. The highest BCUT2D eigenvalue weighted by Crippen LogP contribution is 2.45. The van der Waals surface area contributed by atoms with Gasteiger partial charge in [-0.15, -0.1) is 21.5 Å². The van der Waals surface area contributed by atoms with Gasteiger partial charge in [-0.25, -0.2) is 0 Å². The average molecular weight is 375 g/mol. The molecule has 2 aliphatic rings. The Kier molecular flexibility index (Phi) is 4.86. The highest BCUT2D eigenvalue weighted by atomic mass is 32.1. The van der Waals surface area contributed by atoms with E-state index in [4.69, 9.17) is 14.2 Å². The second-order valence-corrected chi connectivity index (χ2v) is 8.21. The van der Waals surface area contributed by atoms with Crippen molar-refractivity contribution in [3.63, 3.8) is 0 Å². The van der Waals surface area contributed by atoms with Crippen LogP contribution in [-0.4, -0.2) is 49.0 Å². The Morgan fingerprint density at radius 3 is 2.54 bits per heavy atom. The van der Waals surface area contributed by atoms with E-state index in [9.17, 15) is 0 Å². The van der Waals surface area contributed by atoms with Gasteiger partial charge in [-0.05, 0) is 49.4 Å². The highest BCUT2D eigenvalue weighted by molar-refractivity contribution is 7.11. The maximum Gasteiger partial charge on any atom is 0.161 e. The molecule has 0 saturated carbocycles. The summed E-state index contributed by atoms with van der Waals surface area (Å²) in [4.78, 5) is 2.45. The van der Waals surface area contributed by atoms with E-state index in [1.807, 2.05) is 6.92 Å². The van der Waals surface area contributed by atoms with Crippen LogP contribution in [0.1, 0.15) is 34.0 Å². The lowest BCUT2D eigenvalue weighted by atomic mass is 9.79. The van der Waals surface area contributed by atoms with Gasteiger partial charge in [-0.1, -0.05) is 0 Å². The molecule has 6 nitrogen and oxygen atoms in total. The Bertz CT molecular complexity index is 784. The van der Waals surface area contributed by atoms with Crippen molar-refractivity contribution < 1.29 is 14.2 Å². The standard InChI is InChI=1S/C19H25N3O3S/c1-13-20-21-18(26-13)12-22-7-5-19(6-8-22)15-11-17(24-3)16(23-2)10-14(15)4-9-25-19/h10-11H,4-9,12H2,1-3H3. The Morgan fingerprint density at radius 1 is 1.15 bits per heavy atom. The minimum Gasteiger partial charge on any atom is -0.493 e. The quantitative estimate of drug-likeness (QED) is 0.819. The van der Waals surface area contributed by atoms with E-state index in [-0.39, 0.29) is 5.60 Å². The van der Waals surface area contributed by atoms with E-state index in [2.05, 4.69) is 27.2 Å². The molecule has 1 spiro atoms. The lowest BCUT2D eigenvalue weighted by Gasteiger charge is -2.45. The predicted molar refractivity (Wildman–Crippen MR) is 100 cm³/mol. The molecule has 1 fully saturated rings. The van der Waals surface area contributed by atoms with E-state index < -0.39 is 0 Å². The van der Waals surface area contributed by atoms with Gasteiger partial charge >= 0.3 is 0 Å². The molecule has 2 aromatic rings. The first kappa shape index (κ1) is 17.7. The largest absolute Gasteiger partial charge is 0.493 e. The van der Waals surface area contributed by atoms with Crippen molar-refractivity contribution in [1.82, 2.24) is 15.1 Å². The number of fused-ring (bicyclic) bond motifs is 2. The van der Waals surface area contributed by atoms with Crippen LogP contribution in [0, 0.1) is 6.92 Å². The molecular formula is C19H25N3O3S. The molecule has 2 aliphatic heterocycles. The first-order valence-corrected chi connectivity index (χ1v) is 9.86. The number of rotatable bonds is 4. The molecule has 0 amide bonds. The molecule has 0 unspecified atom stereocenters. The topological polar surface area (TPSA) is 56.7 Å². The van der Waals surface area contributed by atoms with Crippen molar-refractivity contribution in [2.75, 3.05) is 33.9 Å². The number of hydrogen-bond acceptors (Lipinski definition) is 7. The van der Waals surface area contributed by atoms with Gasteiger partial charge in [0, 0.05) is 13.1 Å². The lowest BCUT2D eigenvalue weighted by molar-refractivity contribution is -0.0990. The number of methoxy groups -OCH3 is 2. The highest BCUT2D eigenvalue weighted by Gasteiger charge is 2.41. The van der Waals surface area contributed by atoms with Gasteiger partial charge in [0.2, 0.25) is 0 Å². The van der Waals surface area contributed by atoms with Crippen LogP contribution in [0.15, 0.2) is 12.1 Å². The summed E-state index contributed by atoms with van der Waals surface area (Å²) in [5, 5.41) is 10.5. The minimum absolute atomic E-state index is 0.208. The zero-order chi connectivity index (χ0) is 18.1. The zero-order valence-electron chi connectivity index (χ0n) is 15.6. The fourth-order valence-corrected chi connectivity index (χ4v) is 4.82. The molecule has 1 aromatic heterocycles. The van der Waals surface area contributed by atoms with Crippen LogP contribution in [0.3, 0.4) is 0 Å². The van der Waals surface area contributed by atoms with Gasteiger partial charge in [-0.3, -0.25) is 4.90 Å². The molecule has 140 valence electrons. The van der Waals surface area contributed by atoms with Gasteiger partial charge in [0.1, 0.15) is 10.0 Å². The van der Waals surface area contributed by atoms with Crippen LogP contribution < -0.4 is 9.47 Å². The number of benzene rings is 1. The molecule has 4 rings (SSSR count). The minimum atomic E-state index is -0.208. The van der Waals surface area contributed by atoms with Crippen molar-refractivity contribution in [2.45, 2.75) is 38.3 Å². The molecule has 0 bridgehead atoms. The van der Waals surface area contributed by atoms with Crippen LogP contribution in [0.25, 0.3) is 0 Å². The van der Waals surface area contributed by atoms with E-state index in [1.54, 1.807) is 25.6 Å². The van der Waals surface area contributed by atoms with Crippen molar-refractivity contribution in [2.24, 2.45) is 0 Å². The summed E-state index contributed by atoms with van der Waals surface area (Å²) in [5.74, 6) is 1.58.